The Labute approximate surface area is 197 Å². The molecule has 2 heterocycles. The first-order valence-corrected chi connectivity index (χ1v) is 11.4. The summed E-state index contributed by atoms with van der Waals surface area (Å²) in [5.74, 6) is -0.162. The molecule has 0 fully saturated rings. The monoisotopic (exact) mass is 450 g/mol. The lowest BCUT2D eigenvalue weighted by Gasteiger charge is -2.13. The van der Waals surface area contributed by atoms with Crippen LogP contribution in [0.4, 0.5) is 5.69 Å². The maximum atomic E-state index is 13.5. The number of anilines is 1. The first-order valence-electron chi connectivity index (χ1n) is 11.4. The summed E-state index contributed by atoms with van der Waals surface area (Å²) in [6.07, 6.45) is 3.82. The molecule has 2 aromatic heterocycles. The van der Waals surface area contributed by atoms with Crippen LogP contribution in [0.2, 0.25) is 0 Å². The first kappa shape index (κ1) is 21.5. The highest BCUT2D eigenvalue weighted by molar-refractivity contribution is 5.91. The van der Waals surface area contributed by atoms with E-state index in [0.29, 0.717) is 24.2 Å². The molecule has 0 radical (unpaired) electrons. The number of nitrogens with one attached hydrogen (secondary N) is 2. The van der Waals surface area contributed by atoms with E-state index in [1.165, 1.54) is 10.9 Å². The number of H-pyrrole nitrogens is 1. The number of carbonyl (C=O) groups is 1. The molecule has 0 saturated carbocycles. The Bertz CT molecular complexity index is 1490. The summed E-state index contributed by atoms with van der Waals surface area (Å²) in [5.41, 5.74) is 4.62. The predicted molar refractivity (Wildman–Crippen MR) is 136 cm³/mol. The molecule has 1 amide bonds. The van der Waals surface area contributed by atoms with Gasteiger partial charge in [0.15, 0.2) is 0 Å². The van der Waals surface area contributed by atoms with E-state index in [1.54, 1.807) is 4.68 Å². The summed E-state index contributed by atoms with van der Waals surface area (Å²) < 4.78 is 3.45. The smallest absolute Gasteiger partial charge is 0.295 e. The highest BCUT2D eigenvalue weighted by Gasteiger charge is 2.21. The fourth-order valence-corrected chi connectivity index (χ4v) is 4.41. The number of amides is 1. The van der Waals surface area contributed by atoms with Crippen LogP contribution in [0, 0.1) is 6.92 Å². The van der Waals surface area contributed by atoms with Crippen molar-refractivity contribution >= 4 is 22.5 Å². The third-order valence-electron chi connectivity index (χ3n) is 6.08. The molecule has 0 aliphatic carbocycles. The SMILES string of the molecule is Cc1c(NC(=O)CCCc2c[nH]c3ccccc23)c(=O)n(-c2ccccc2)n1-c1ccccc1. The van der Waals surface area contributed by atoms with E-state index in [1.807, 2.05) is 96.7 Å². The van der Waals surface area contributed by atoms with Gasteiger partial charge in [-0.2, -0.15) is 0 Å². The molecule has 5 aromatic rings. The maximum Gasteiger partial charge on any atom is 0.295 e. The van der Waals surface area contributed by atoms with Gasteiger partial charge in [-0.05, 0) is 55.7 Å². The lowest BCUT2D eigenvalue weighted by atomic mass is 10.1. The normalized spacial score (nSPS) is 11.1. The van der Waals surface area contributed by atoms with Crippen molar-refractivity contribution < 1.29 is 4.79 Å². The molecule has 0 unspecified atom stereocenters. The van der Waals surface area contributed by atoms with Crippen molar-refractivity contribution in [2.24, 2.45) is 0 Å². The van der Waals surface area contributed by atoms with Crippen molar-refractivity contribution in [1.29, 1.82) is 0 Å². The van der Waals surface area contributed by atoms with Crippen LogP contribution in [0.1, 0.15) is 24.1 Å². The van der Waals surface area contributed by atoms with Gasteiger partial charge in [-0.15, -0.1) is 0 Å². The summed E-state index contributed by atoms with van der Waals surface area (Å²) in [6, 6.07) is 27.3. The van der Waals surface area contributed by atoms with Crippen LogP contribution in [0.5, 0.6) is 0 Å². The Kier molecular flexibility index (Phi) is 5.87. The Balaban J connectivity index is 1.39. The molecule has 0 spiro atoms. The van der Waals surface area contributed by atoms with E-state index in [9.17, 15) is 9.59 Å². The molecule has 170 valence electrons. The molecule has 34 heavy (non-hydrogen) atoms. The molecule has 3 aromatic carbocycles. The number of nitrogens with zero attached hydrogens (tertiary/aromatic N) is 2. The number of aryl methyl sites for hydroxylation is 1. The number of fused-ring (bicyclic) bond motifs is 1. The maximum absolute atomic E-state index is 13.5. The Morgan fingerprint density at radius 3 is 2.18 bits per heavy atom. The van der Waals surface area contributed by atoms with Crippen LogP contribution in [0.3, 0.4) is 0 Å². The lowest BCUT2D eigenvalue weighted by molar-refractivity contribution is -0.116. The standard InChI is InChI=1S/C28H26N4O2/c1-20-27(30-26(33)18-10-11-21-19-29-25-17-9-8-16-24(21)25)28(34)32(23-14-6-3-7-15-23)31(20)22-12-4-2-5-13-22/h2-9,12-17,19,29H,10-11,18H2,1H3,(H,30,33). The number of hydrogen-bond donors (Lipinski definition) is 2. The van der Waals surface area contributed by atoms with E-state index >= 15 is 0 Å². The molecule has 0 aliphatic heterocycles. The van der Waals surface area contributed by atoms with E-state index in [4.69, 9.17) is 0 Å². The number of benzene rings is 3. The molecular formula is C28H26N4O2. The van der Waals surface area contributed by atoms with Crippen molar-refractivity contribution in [1.82, 2.24) is 14.3 Å². The van der Waals surface area contributed by atoms with Crippen LogP contribution < -0.4 is 10.9 Å². The van der Waals surface area contributed by atoms with E-state index in [-0.39, 0.29) is 11.5 Å². The predicted octanol–water partition coefficient (Wildman–Crippen LogP) is 5.38. The first-order chi connectivity index (χ1) is 16.6. The van der Waals surface area contributed by atoms with Crippen LogP contribution in [0.25, 0.3) is 22.3 Å². The molecule has 6 nitrogen and oxygen atoms in total. The van der Waals surface area contributed by atoms with E-state index in [0.717, 1.165) is 23.3 Å². The quantitative estimate of drug-likeness (QED) is 0.349. The summed E-state index contributed by atoms with van der Waals surface area (Å²) >= 11 is 0. The van der Waals surface area contributed by atoms with Crippen molar-refractivity contribution in [3.05, 3.63) is 113 Å². The van der Waals surface area contributed by atoms with E-state index < -0.39 is 0 Å². The van der Waals surface area contributed by atoms with Gasteiger partial charge in [0, 0.05) is 23.5 Å². The molecule has 0 atom stereocenters. The highest BCUT2D eigenvalue weighted by Crippen LogP contribution is 2.22. The van der Waals surface area contributed by atoms with Gasteiger partial charge in [0.1, 0.15) is 5.69 Å². The van der Waals surface area contributed by atoms with Crippen molar-refractivity contribution in [3.8, 4) is 11.4 Å². The largest absolute Gasteiger partial charge is 0.361 e. The third kappa shape index (κ3) is 4.06. The summed E-state index contributed by atoms with van der Waals surface area (Å²) in [4.78, 5) is 29.6. The van der Waals surface area contributed by atoms with Gasteiger partial charge in [-0.25, -0.2) is 9.36 Å². The molecule has 0 saturated heterocycles. The number of aromatic nitrogens is 3. The summed E-state index contributed by atoms with van der Waals surface area (Å²) in [6.45, 7) is 1.86. The fraction of sp³-hybridized carbons (Fsp3) is 0.143. The minimum atomic E-state index is -0.252. The third-order valence-corrected chi connectivity index (χ3v) is 6.08. The number of hydrogen-bond acceptors (Lipinski definition) is 2. The Morgan fingerprint density at radius 1 is 0.853 bits per heavy atom. The average molecular weight is 451 g/mol. The zero-order chi connectivity index (χ0) is 23.5. The molecule has 6 heteroatoms. The molecule has 0 aliphatic rings. The lowest BCUT2D eigenvalue weighted by Crippen LogP contribution is -2.23. The topological polar surface area (TPSA) is 71.8 Å². The second-order valence-electron chi connectivity index (χ2n) is 8.32. The van der Waals surface area contributed by atoms with Gasteiger partial charge in [-0.1, -0.05) is 54.6 Å². The Hall–Kier alpha value is -4.32. The van der Waals surface area contributed by atoms with Gasteiger partial charge in [-0.3, -0.25) is 9.59 Å². The van der Waals surface area contributed by atoms with E-state index in [2.05, 4.69) is 16.4 Å². The average Bonchev–Trinajstić information content (AvgIpc) is 3.39. The highest BCUT2D eigenvalue weighted by atomic mass is 16.2. The van der Waals surface area contributed by atoms with Crippen LogP contribution in [-0.2, 0) is 11.2 Å². The number of para-hydroxylation sites is 3. The number of rotatable bonds is 7. The van der Waals surface area contributed by atoms with Crippen molar-refractivity contribution in [2.45, 2.75) is 26.2 Å². The van der Waals surface area contributed by atoms with Crippen LogP contribution in [-0.4, -0.2) is 20.3 Å². The van der Waals surface area contributed by atoms with Gasteiger partial charge < -0.3 is 10.3 Å². The van der Waals surface area contributed by atoms with Crippen molar-refractivity contribution in [2.75, 3.05) is 5.32 Å². The Morgan fingerprint density at radius 2 is 1.47 bits per heavy atom. The summed E-state index contributed by atoms with van der Waals surface area (Å²) in [5, 5.41) is 4.08. The van der Waals surface area contributed by atoms with Gasteiger partial charge >= 0.3 is 0 Å². The minimum absolute atomic E-state index is 0.162. The fourth-order valence-electron chi connectivity index (χ4n) is 4.41. The molecule has 2 N–H and O–H groups in total. The number of carbonyl (C=O) groups excluding carboxylic acids is 1. The van der Waals surface area contributed by atoms with Gasteiger partial charge in [0.2, 0.25) is 5.91 Å². The second-order valence-corrected chi connectivity index (χ2v) is 8.32. The van der Waals surface area contributed by atoms with Crippen LogP contribution >= 0.6 is 0 Å². The van der Waals surface area contributed by atoms with Gasteiger partial charge in [0.05, 0.1) is 17.1 Å². The molecule has 5 rings (SSSR count). The summed E-state index contributed by atoms with van der Waals surface area (Å²) in [7, 11) is 0. The molecular weight excluding hydrogens is 424 g/mol. The zero-order valence-electron chi connectivity index (χ0n) is 19.0. The van der Waals surface area contributed by atoms with Gasteiger partial charge in [0.25, 0.3) is 5.56 Å². The van der Waals surface area contributed by atoms with Crippen LogP contribution in [0.15, 0.2) is 95.9 Å². The van der Waals surface area contributed by atoms with Crippen molar-refractivity contribution in [3.63, 3.8) is 0 Å². The minimum Gasteiger partial charge on any atom is -0.361 e. The molecule has 0 bridgehead atoms. The number of aromatic amines is 1. The second kappa shape index (κ2) is 9.27. The zero-order valence-corrected chi connectivity index (χ0v) is 19.0.